The van der Waals surface area contributed by atoms with Crippen LogP contribution in [0, 0.1) is 0 Å². The molecule has 138 valence electrons. The molecule has 1 atom stereocenters. The van der Waals surface area contributed by atoms with Gasteiger partial charge in [0, 0.05) is 39.3 Å². The van der Waals surface area contributed by atoms with Crippen molar-refractivity contribution in [3.8, 4) is 5.69 Å². The Balaban J connectivity index is 1.26. The highest BCUT2D eigenvalue weighted by molar-refractivity contribution is 5.79. The van der Waals surface area contributed by atoms with E-state index in [4.69, 9.17) is 4.74 Å². The third-order valence-corrected chi connectivity index (χ3v) is 5.12. The summed E-state index contributed by atoms with van der Waals surface area (Å²) in [5.74, 6) is 0.192. The highest BCUT2D eigenvalue weighted by atomic mass is 16.5. The van der Waals surface area contributed by atoms with Crippen LogP contribution in [0.15, 0.2) is 30.6 Å². The van der Waals surface area contributed by atoms with E-state index in [-0.39, 0.29) is 5.91 Å². The third kappa shape index (κ3) is 4.08. The van der Waals surface area contributed by atoms with Crippen molar-refractivity contribution in [2.24, 2.45) is 0 Å². The van der Waals surface area contributed by atoms with E-state index in [1.54, 1.807) is 11.0 Å². The smallest absolute Gasteiger partial charge is 0.227 e. The molecule has 0 N–H and O–H groups in total. The van der Waals surface area contributed by atoms with Gasteiger partial charge in [-0.25, -0.2) is 4.68 Å². The van der Waals surface area contributed by atoms with Crippen LogP contribution in [-0.4, -0.2) is 81.3 Å². The Morgan fingerprint density at radius 3 is 2.62 bits per heavy atom. The summed E-state index contributed by atoms with van der Waals surface area (Å²) in [6.45, 7) is 5.37. The van der Waals surface area contributed by atoms with Crippen LogP contribution in [0.25, 0.3) is 5.69 Å². The van der Waals surface area contributed by atoms with Gasteiger partial charge in [-0.3, -0.25) is 9.69 Å². The molecular formula is C18H24N6O2. The molecule has 1 unspecified atom stereocenters. The Bertz CT molecular complexity index is 704. The number of hydrogen-bond acceptors (Lipinski definition) is 6. The number of carbonyl (C=O) groups is 1. The summed E-state index contributed by atoms with van der Waals surface area (Å²) in [5.41, 5.74) is 1.89. The summed E-state index contributed by atoms with van der Waals surface area (Å²) in [4.78, 5) is 17.0. The van der Waals surface area contributed by atoms with Crippen molar-refractivity contribution in [1.82, 2.24) is 30.0 Å². The maximum Gasteiger partial charge on any atom is 0.227 e. The van der Waals surface area contributed by atoms with Crippen LogP contribution in [-0.2, 0) is 16.0 Å². The molecular weight excluding hydrogens is 332 g/mol. The van der Waals surface area contributed by atoms with Crippen molar-refractivity contribution in [3.05, 3.63) is 36.2 Å². The van der Waals surface area contributed by atoms with E-state index in [1.807, 2.05) is 29.2 Å². The monoisotopic (exact) mass is 356 g/mol. The fraction of sp³-hybridized carbons (Fsp3) is 0.556. The van der Waals surface area contributed by atoms with Crippen molar-refractivity contribution < 1.29 is 9.53 Å². The van der Waals surface area contributed by atoms with Crippen molar-refractivity contribution >= 4 is 5.91 Å². The molecule has 2 fully saturated rings. The number of benzene rings is 1. The molecule has 0 saturated carbocycles. The van der Waals surface area contributed by atoms with Gasteiger partial charge in [-0.05, 0) is 41.0 Å². The molecule has 8 nitrogen and oxygen atoms in total. The third-order valence-electron chi connectivity index (χ3n) is 5.12. The quantitative estimate of drug-likeness (QED) is 0.778. The first-order valence-corrected chi connectivity index (χ1v) is 9.22. The van der Waals surface area contributed by atoms with E-state index in [0.717, 1.165) is 50.6 Å². The maximum atomic E-state index is 12.6. The molecule has 0 spiro atoms. The zero-order valence-electron chi connectivity index (χ0n) is 14.8. The van der Waals surface area contributed by atoms with Gasteiger partial charge >= 0.3 is 0 Å². The molecule has 8 heteroatoms. The van der Waals surface area contributed by atoms with Gasteiger partial charge in [-0.1, -0.05) is 12.1 Å². The average molecular weight is 356 g/mol. The Labute approximate surface area is 152 Å². The van der Waals surface area contributed by atoms with E-state index >= 15 is 0 Å². The molecule has 2 aliphatic heterocycles. The number of carbonyl (C=O) groups excluding carboxylic acids is 1. The van der Waals surface area contributed by atoms with Crippen molar-refractivity contribution in [2.75, 3.05) is 39.3 Å². The van der Waals surface area contributed by atoms with Crippen molar-refractivity contribution in [1.29, 1.82) is 0 Å². The molecule has 4 rings (SSSR count). The fourth-order valence-electron chi connectivity index (χ4n) is 3.59. The summed E-state index contributed by atoms with van der Waals surface area (Å²) in [7, 11) is 0. The lowest BCUT2D eigenvalue weighted by atomic mass is 10.1. The minimum atomic E-state index is 0.192. The van der Waals surface area contributed by atoms with Gasteiger partial charge in [0.05, 0.1) is 18.2 Å². The van der Waals surface area contributed by atoms with Crippen LogP contribution in [0.5, 0.6) is 0 Å². The van der Waals surface area contributed by atoms with E-state index in [2.05, 4.69) is 20.4 Å². The largest absolute Gasteiger partial charge is 0.377 e. The van der Waals surface area contributed by atoms with Crippen LogP contribution in [0.1, 0.15) is 18.4 Å². The fourth-order valence-corrected chi connectivity index (χ4v) is 3.59. The van der Waals surface area contributed by atoms with Gasteiger partial charge in [0.15, 0.2) is 0 Å². The van der Waals surface area contributed by atoms with E-state index < -0.39 is 0 Å². The highest BCUT2D eigenvalue weighted by Crippen LogP contribution is 2.15. The molecule has 1 aromatic carbocycles. The number of rotatable bonds is 5. The Morgan fingerprint density at radius 1 is 1.15 bits per heavy atom. The van der Waals surface area contributed by atoms with Crippen molar-refractivity contribution in [2.45, 2.75) is 25.4 Å². The SMILES string of the molecule is O=C(Cc1ccc(-n2cnnn2)cc1)N1CCN(CC2CCCO2)CC1. The number of piperazine rings is 1. The number of amides is 1. The summed E-state index contributed by atoms with van der Waals surface area (Å²) < 4.78 is 7.31. The van der Waals surface area contributed by atoms with Gasteiger partial charge in [0.2, 0.25) is 5.91 Å². The standard InChI is InChI=1S/C18H24N6O2/c25-18(12-15-3-5-16(6-4-15)24-14-19-20-21-24)23-9-7-22(8-10-23)13-17-2-1-11-26-17/h3-6,14,17H,1-2,7-13H2. The predicted octanol–water partition coefficient (Wildman–Crippen LogP) is 0.528. The minimum absolute atomic E-state index is 0.192. The predicted molar refractivity (Wildman–Crippen MR) is 94.9 cm³/mol. The van der Waals surface area contributed by atoms with Crippen LogP contribution < -0.4 is 0 Å². The first kappa shape index (κ1) is 17.1. The van der Waals surface area contributed by atoms with Gasteiger partial charge in [-0.2, -0.15) is 0 Å². The van der Waals surface area contributed by atoms with Gasteiger partial charge in [0.25, 0.3) is 0 Å². The van der Waals surface area contributed by atoms with Crippen LogP contribution >= 0.6 is 0 Å². The molecule has 2 aliphatic rings. The number of hydrogen-bond donors (Lipinski definition) is 0. The number of aromatic nitrogens is 4. The molecule has 0 aliphatic carbocycles. The Kier molecular flexibility index (Phi) is 5.21. The number of tetrazole rings is 1. The lowest BCUT2D eigenvalue weighted by Gasteiger charge is -2.35. The highest BCUT2D eigenvalue weighted by Gasteiger charge is 2.24. The molecule has 3 heterocycles. The lowest BCUT2D eigenvalue weighted by Crippen LogP contribution is -2.50. The van der Waals surface area contributed by atoms with Gasteiger partial charge in [-0.15, -0.1) is 5.10 Å². The second kappa shape index (κ2) is 7.92. The average Bonchev–Trinajstić information content (AvgIpc) is 3.37. The summed E-state index contributed by atoms with van der Waals surface area (Å²) >= 11 is 0. The summed E-state index contributed by atoms with van der Waals surface area (Å²) in [5, 5.41) is 11.1. The zero-order valence-corrected chi connectivity index (χ0v) is 14.8. The summed E-state index contributed by atoms with van der Waals surface area (Å²) in [6, 6.07) is 7.78. The topological polar surface area (TPSA) is 76.4 Å². The summed E-state index contributed by atoms with van der Waals surface area (Å²) in [6.07, 6.45) is 4.71. The Morgan fingerprint density at radius 2 is 1.96 bits per heavy atom. The molecule has 1 aromatic heterocycles. The number of ether oxygens (including phenoxy) is 1. The van der Waals surface area contributed by atoms with E-state index in [0.29, 0.717) is 12.5 Å². The molecule has 2 saturated heterocycles. The van der Waals surface area contributed by atoms with E-state index in [9.17, 15) is 4.79 Å². The van der Waals surface area contributed by atoms with Crippen LogP contribution in [0.4, 0.5) is 0 Å². The first-order valence-electron chi connectivity index (χ1n) is 9.22. The molecule has 0 radical (unpaired) electrons. The molecule has 26 heavy (non-hydrogen) atoms. The first-order chi connectivity index (χ1) is 12.8. The van der Waals surface area contributed by atoms with Gasteiger partial charge in [0.1, 0.15) is 6.33 Å². The van der Waals surface area contributed by atoms with Crippen LogP contribution in [0.2, 0.25) is 0 Å². The van der Waals surface area contributed by atoms with Crippen molar-refractivity contribution in [3.63, 3.8) is 0 Å². The zero-order chi connectivity index (χ0) is 17.8. The molecule has 1 amide bonds. The molecule has 2 aromatic rings. The van der Waals surface area contributed by atoms with Crippen LogP contribution in [0.3, 0.4) is 0 Å². The normalized spacial score (nSPS) is 21.2. The second-order valence-corrected chi connectivity index (χ2v) is 6.91. The lowest BCUT2D eigenvalue weighted by molar-refractivity contribution is -0.132. The van der Waals surface area contributed by atoms with Gasteiger partial charge < -0.3 is 9.64 Å². The second-order valence-electron chi connectivity index (χ2n) is 6.91. The minimum Gasteiger partial charge on any atom is -0.377 e. The molecule has 0 bridgehead atoms. The number of nitrogens with zero attached hydrogens (tertiary/aromatic N) is 6. The maximum absolute atomic E-state index is 12.6. The van der Waals surface area contributed by atoms with E-state index in [1.165, 1.54) is 12.8 Å². The Hall–Kier alpha value is -2.32.